The number of fused-ring (bicyclic) bond motifs is 1. The lowest BCUT2D eigenvalue weighted by Crippen LogP contribution is -2.45. The number of alkyl carbamates (subject to hydrolysis) is 1. The van der Waals surface area contributed by atoms with E-state index in [4.69, 9.17) is 4.74 Å². The van der Waals surface area contributed by atoms with Crippen molar-refractivity contribution in [3.8, 4) is 0 Å². The Kier molecular flexibility index (Phi) is 5.47. The van der Waals surface area contributed by atoms with Crippen LogP contribution in [0.3, 0.4) is 0 Å². The van der Waals surface area contributed by atoms with Crippen LogP contribution < -0.4 is 5.32 Å². The zero-order chi connectivity index (χ0) is 18.7. The monoisotopic (exact) mass is 358 g/mol. The number of nitrogens with one attached hydrogen (secondary N) is 1. The number of ether oxygens (including phenoxy) is 1. The van der Waals surface area contributed by atoms with Crippen molar-refractivity contribution in [2.45, 2.75) is 51.8 Å². The molecular formula is C21H27FN2O2. The fourth-order valence-corrected chi connectivity index (χ4v) is 3.33. The van der Waals surface area contributed by atoms with E-state index in [1.165, 1.54) is 11.6 Å². The summed E-state index contributed by atoms with van der Waals surface area (Å²) in [4.78, 5) is 14.3. The summed E-state index contributed by atoms with van der Waals surface area (Å²) < 4.78 is 18.6. The fraction of sp³-hybridized carbons (Fsp3) is 0.476. The lowest BCUT2D eigenvalue weighted by Gasteiger charge is -2.32. The second-order valence-electron chi connectivity index (χ2n) is 8.02. The number of hydrogen-bond acceptors (Lipinski definition) is 3. The largest absolute Gasteiger partial charge is 0.444 e. The third kappa shape index (κ3) is 5.18. The number of piperidine rings is 1. The standard InChI is InChI=1S/C21H27FN2O2/c1-21(2,3)26-20(25)23-19-8-10-24(11-9-19)14-15-4-5-17-13-18(22)7-6-16(17)12-15/h4-7,12-13,19H,8-11,14H2,1-3H3,(H,23,25). The Balaban J connectivity index is 1.51. The fourth-order valence-electron chi connectivity index (χ4n) is 3.33. The minimum Gasteiger partial charge on any atom is -0.444 e. The van der Waals surface area contributed by atoms with Crippen LogP contribution in [0.4, 0.5) is 9.18 Å². The number of rotatable bonds is 3. The van der Waals surface area contributed by atoms with Crippen molar-refractivity contribution < 1.29 is 13.9 Å². The zero-order valence-electron chi connectivity index (χ0n) is 15.7. The predicted molar refractivity (Wildman–Crippen MR) is 102 cm³/mol. The topological polar surface area (TPSA) is 41.6 Å². The van der Waals surface area contributed by atoms with Crippen molar-refractivity contribution in [3.63, 3.8) is 0 Å². The third-order valence-electron chi connectivity index (χ3n) is 4.58. The third-order valence-corrected chi connectivity index (χ3v) is 4.58. The summed E-state index contributed by atoms with van der Waals surface area (Å²) in [7, 11) is 0. The van der Waals surface area contributed by atoms with Crippen molar-refractivity contribution in [3.05, 3.63) is 47.8 Å². The van der Waals surface area contributed by atoms with Crippen LogP contribution in [0.25, 0.3) is 10.8 Å². The van der Waals surface area contributed by atoms with Crippen LogP contribution in [0, 0.1) is 5.82 Å². The molecule has 0 radical (unpaired) electrons. The summed E-state index contributed by atoms with van der Waals surface area (Å²) >= 11 is 0. The highest BCUT2D eigenvalue weighted by Crippen LogP contribution is 2.20. The van der Waals surface area contributed by atoms with Gasteiger partial charge >= 0.3 is 6.09 Å². The van der Waals surface area contributed by atoms with E-state index in [-0.39, 0.29) is 18.0 Å². The van der Waals surface area contributed by atoms with Gasteiger partial charge in [-0.15, -0.1) is 0 Å². The molecule has 1 aliphatic rings. The number of likely N-dealkylation sites (tertiary alicyclic amines) is 1. The van der Waals surface area contributed by atoms with Gasteiger partial charge in [0.05, 0.1) is 0 Å². The lowest BCUT2D eigenvalue weighted by atomic mass is 10.0. The summed E-state index contributed by atoms with van der Waals surface area (Å²) in [5, 5.41) is 4.95. The average molecular weight is 358 g/mol. The first-order valence-corrected chi connectivity index (χ1v) is 9.18. The molecule has 2 aromatic carbocycles. The van der Waals surface area contributed by atoms with Gasteiger partial charge in [0.25, 0.3) is 0 Å². The number of amides is 1. The molecule has 26 heavy (non-hydrogen) atoms. The highest BCUT2D eigenvalue weighted by Gasteiger charge is 2.23. The van der Waals surface area contributed by atoms with Gasteiger partial charge in [-0.2, -0.15) is 0 Å². The maximum atomic E-state index is 13.3. The molecule has 0 saturated carbocycles. The molecule has 1 amide bonds. The Morgan fingerprint density at radius 1 is 1.15 bits per heavy atom. The molecule has 0 aliphatic carbocycles. The lowest BCUT2D eigenvalue weighted by molar-refractivity contribution is 0.0477. The molecular weight excluding hydrogens is 331 g/mol. The van der Waals surface area contributed by atoms with Gasteiger partial charge in [0.15, 0.2) is 0 Å². The van der Waals surface area contributed by atoms with Crippen LogP contribution in [-0.4, -0.2) is 35.7 Å². The van der Waals surface area contributed by atoms with Crippen molar-refractivity contribution in [1.29, 1.82) is 0 Å². The van der Waals surface area contributed by atoms with E-state index in [0.29, 0.717) is 0 Å². The number of nitrogens with zero attached hydrogens (tertiary/aromatic N) is 1. The molecule has 1 aliphatic heterocycles. The molecule has 0 unspecified atom stereocenters. The maximum absolute atomic E-state index is 13.3. The minimum atomic E-state index is -0.468. The van der Waals surface area contributed by atoms with Gasteiger partial charge in [-0.05, 0) is 68.1 Å². The molecule has 1 N–H and O–H groups in total. The van der Waals surface area contributed by atoms with Gasteiger partial charge in [-0.1, -0.05) is 18.2 Å². The first-order valence-electron chi connectivity index (χ1n) is 9.18. The molecule has 1 fully saturated rings. The summed E-state index contributed by atoms with van der Waals surface area (Å²) in [5.74, 6) is -0.204. The van der Waals surface area contributed by atoms with Gasteiger partial charge in [0, 0.05) is 25.7 Å². The highest BCUT2D eigenvalue weighted by atomic mass is 19.1. The van der Waals surface area contributed by atoms with Crippen LogP contribution in [0.5, 0.6) is 0 Å². The Bertz CT molecular complexity index is 777. The normalized spacial score (nSPS) is 16.6. The van der Waals surface area contributed by atoms with Crippen molar-refractivity contribution in [2.24, 2.45) is 0 Å². The first-order chi connectivity index (χ1) is 12.3. The number of carbonyl (C=O) groups is 1. The number of benzene rings is 2. The number of carbonyl (C=O) groups excluding carboxylic acids is 1. The Morgan fingerprint density at radius 3 is 2.50 bits per heavy atom. The molecule has 0 aromatic heterocycles. The summed E-state index contributed by atoms with van der Waals surface area (Å²) in [6.45, 7) is 8.34. The average Bonchev–Trinajstić information content (AvgIpc) is 2.55. The Labute approximate surface area is 154 Å². The van der Waals surface area contributed by atoms with E-state index in [0.717, 1.165) is 43.2 Å². The Hall–Kier alpha value is -2.14. The molecule has 3 rings (SSSR count). The molecule has 0 spiro atoms. The molecule has 0 atom stereocenters. The van der Waals surface area contributed by atoms with E-state index in [1.54, 1.807) is 6.07 Å². The molecule has 2 aromatic rings. The summed E-state index contributed by atoms with van der Waals surface area (Å²) in [6.07, 6.45) is 1.49. The van der Waals surface area contributed by atoms with Gasteiger partial charge in [0.2, 0.25) is 0 Å². The van der Waals surface area contributed by atoms with Gasteiger partial charge in [-0.25, -0.2) is 9.18 Å². The van der Waals surface area contributed by atoms with E-state index in [2.05, 4.69) is 22.3 Å². The van der Waals surface area contributed by atoms with Crippen molar-refractivity contribution in [1.82, 2.24) is 10.2 Å². The van der Waals surface area contributed by atoms with Crippen molar-refractivity contribution in [2.75, 3.05) is 13.1 Å². The molecule has 0 bridgehead atoms. The predicted octanol–water partition coefficient (Wildman–Crippen LogP) is 4.47. The quantitative estimate of drug-likeness (QED) is 0.880. The Morgan fingerprint density at radius 2 is 1.81 bits per heavy atom. The first kappa shape index (κ1) is 18.6. The van der Waals surface area contributed by atoms with E-state index in [9.17, 15) is 9.18 Å². The van der Waals surface area contributed by atoms with Gasteiger partial charge in [0.1, 0.15) is 11.4 Å². The maximum Gasteiger partial charge on any atom is 0.407 e. The second kappa shape index (κ2) is 7.62. The van der Waals surface area contributed by atoms with Crippen LogP contribution in [0.2, 0.25) is 0 Å². The summed E-state index contributed by atoms with van der Waals surface area (Å²) in [5.41, 5.74) is 0.756. The van der Waals surface area contributed by atoms with Crippen LogP contribution in [0.15, 0.2) is 36.4 Å². The molecule has 140 valence electrons. The van der Waals surface area contributed by atoms with Crippen LogP contribution in [0.1, 0.15) is 39.2 Å². The van der Waals surface area contributed by atoms with Crippen LogP contribution in [-0.2, 0) is 11.3 Å². The minimum absolute atomic E-state index is 0.167. The van der Waals surface area contributed by atoms with Gasteiger partial charge < -0.3 is 10.1 Å². The molecule has 1 heterocycles. The van der Waals surface area contributed by atoms with Gasteiger partial charge in [-0.3, -0.25) is 4.90 Å². The highest BCUT2D eigenvalue weighted by molar-refractivity contribution is 5.83. The van der Waals surface area contributed by atoms with E-state index < -0.39 is 5.60 Å². The summed E-state index contributed by atoms with van der Waals surface area (Å²) in [6, 6.07) is 11.2. The molecule has 5 heteroatoms. The number of hydrogen-bond donors (Lipinski definition) is 1. The zero-order valence-corrected chi connectivity index (χ0v) is 15.7. The second-order valence-corrected chi connectivity index (χ2v) is 8.02. The molecule has 4 nitrogen and oxygen atoms in total. The van der Waals surface area contributed by atoms with E-state index >= 15 is 0 Å². The van der Waals surface area contributed by atoms with Crippen molar-refractivity contribution >= 4 is 16.9 Å². The SMILES string of the molecule is CC(C)(C)OC(=O)NC1CCN(Cc2ccc3cc(F)ccc3c2)CC1. The van der Waals surface area contributed by atoms with E-state index in [1.807, 2.05) is 32.9 Å². The smallest absolute Gasteiger partial charge is 0.407 e. The molecule has 1 saturated heterocycles. The number of halogens is 1. The van der Waals surface area contributed by atoms with Crippen LogP contribution >= 0.6 is 0 Å².